The zero-order valence-corrected chi connectivity index (χ0v) is 25.1. The summed E-state index contributed by atoms with van der Waals surface area (Å²) in [4.78, 5) is 31.2. The topological polar surface area (TPSA) is 129 Å². The maximum atomic E-state index is 13.7. The van der Waals surface area contributed by atoms with Gasteiger partial charge in [-0.1, -0.05) is 36.4 Å². The molecular weight excluding hydrogens is 572 g/mol. The van der Waals surface area contributed by atoms with Crippen molar-refractivity contribution in [2.45, 2.75) is 44.0 Å². The van der Waals surface area contributed by atoms with E-state index in [0.717, 1.165) is 11.1 Å². The molecule has 1 aliphatic rings. The number of rotatable bonds is 8. The number of carboxylic acid groups (broad SMARTS) is 1. The van der Waals surface area contributed by atoms with Crippen LogP contribution in [0.4, 0.5) is 16.2 Å². The highest BCUT2D eigenvalue weighted by Crippen LogP contribution is 2.39. The molecule has 5 rings (SSSR count). The van der Waals surface area contributed by atoms with Crippen LogP contribution < -0.4 is 14.9 Å². The van der Waals surface area contributed by atoms with Crippen LogP contribution in [0.1, 0.15) is 32.8 Å². The van der Waals surface area contributed by atoms with Crippen LogP contribution in [0, 0.1) is 5.92 Å². The first-order valence-corrected chi connectivity index (χ1v) is 15.8. The van der Waals surface area contributed by atoms with Crippen molar-refractivity contribution in [3.63, 3.8) is 0 Å². The van der Waals surface area contributed by atoms with E-state index >= 15 is 0 Å². The Balaban J connectivity index is 1.48. The average Bonchev–Trinajstić information content (AvgIpc) is 3.55. The molecule has 0 saturated carbocycles. The summed E-state index contributed by atoms with van der Waals surface area (Å²) in [5.41, 5.74) is 2.60. The molecule has 0 radical (unpaired) electrons. The smallest absolute Gasteiger partial charge is 0.409 e. The van der Waals surface area contributed by atoms with Gasteiger partial charge in [0, 0.05) is 46.7 Å². The van der Waals surface area contributed by atoms with Gasteiger partial charge in [0.25, 0.3) is 0 Å². The average molecular weight is 605 g/mol. The molecule has 3 N–H and O–H groups in total. The Morgan fingerprint density at radius 3 is 2.45 bits per heavy atom. The molecule has 3 aromatic carbocycles. The lowest BCUT2D eigenvalue weighted by molar-refractivity contribution is -0.120. The molecular formula is C31H32N4O5S2. The van der Waals surface area contributed by atoms with Gasteiger partial charge in [0.1, 0.15) is 5.01 Å². The van der Waals surface area contributed by atoms with E-state index < -0.39 is 21.7 Å². The fraction of sp³-hybridized carbons (Fsp3) is 0.258. The summed E-state index contributed by atoms with van der Waals surface area (Å²) in [6, 6.07) is 21.8. The SMILES string of the molecule is CC(C)(C)NS(=O)(=O)c1cc(N2CC[C@H](Cc3ccccc3)C2=O)ccc1-c1cnc(-c2ccc(NC(=O)O)cc2)s1. The lowest BCUT2D eigenvalue weighted by Crippen LogP contribution is -2.40. The van der Waals surface area contributed by atoms with Gasteiger partial charge >= 0.3 is 6.09 Å². The third-order valence-electron chi connectivity index (χ3n) is 6.80. The number of nitrogens with zero attached hydrogens (tertiary/aromatic N) is 2. The van der Waals surface area contributed by atoms with Crippen molar-refractivity contribution in [2.24, 2.45) is 5.92 Å². The number of thiazole rings is 1. The van der Waals surface area contributed by atoms with Gasteiger partial charge in [0.05, 0.1) is 9.77 Å². The second-order valence-electron chi connectivity index (χ2n) is 11.2. The van der Waals surface area contributed by atoms with E-state index in [-0.39, 0.29) is 16.7 Å². The summed E-state index contributed by atoms with van der Waals surface area (Å²) in [6.07, 6.45) is 1.81. The van der Waals surface area contributed by atoms with Crippen LogP contribution in [-0.2, 0) is 21.2 Å². The highest BCUT2D eigenvalue weighted by Gasteiger charge is 2.34. The van der Waals surface area contributed by atoms with Crippen molar-refractivity contribution in [3.8, 4) is 21.0 Å². The van der Waals surface area contributed by atoms with Gasteiger partial charge < -0.3 is 10.0 Å². The zero-order chi connectivity index (χ0) is 30.1. The van der Waals surface area contributed by atoms with Crippen molar-refractivity contribution in [2.75, 3.05) is 16.8 Å². The minimum Gasteiger partial charge on any atom is -0.465 e. The van der Waals surface area contributed by atoms with Crippen LogP contribution in [0.2, 0.25) is 0 Å². The first kappa shape index (κ1) is 29.4. The highest BCUT2D eigenvalue weighted by molar-refractivity contribution is 7.89. The van der Waals surface area contributed by atoms with E-state index in [4.69, 9.17) is 5.11 Å². The molecule has 1 aliphatic heterocycles. The molecule has 42 heavy (non-hydrogen) atoms. The molecule has 1 aromatic heterocycles. The monoisotopic (exact) mass is 604 g/mol. The van der Waals surface area contributed by atoms with Crippen molar-refractivity contribution in [1.82, 2.24) is 9.71 Å². The first-order valence-electron chi connectivity index (χ1n) is 13.5. The van der Waals surface area contributed by atoms with Crippen LogP contribution in [0.5, 0.6) is 0 Å². The fourth-order valence-electron chi connectivity index (χ4n) is 5.00. The molecule has 0 unspecified atom stereocenters. The molecule has 218 valence electrons. The first-order chi connectivity index (χ1) is 19.9. The molecule has 0 spiro atoms. The Bertz CT molecular complexity index is 1710. The van der Waals surface area contributed by atoms with Crippen LogP contribution >= 0.6 is 11.3 Å². The Kier molecular flexibility index (Phi) is 8.18. The molecule has 2 heterocycles. The highest BCUT2D eigenvalue weighted by atomic mass is 32.2. The van der Waals surface area contributed by atoms with Gasteiger partial charge in [-0.25, -0.2) is 22.9 Å². The van der Waals surface area contributed by atoms with Crippen LogP contribution in [0.25, 0.3) is 21.0 Å². The second-order valence-corrected chi connectivity index (χ2v) is 13.9. The van der Waals surface area contributed by atoms with E-state index in [1.54, 1.807) is 74.3 Å². The molecule has 1 fully saturated rings. The number of carbonyl (C=O) groups excluding carboxylic acids is 1. The second kappa shape index (κ2) is 11.7. The third kappa shape index (κ3) is 6.70. The van der Waals surface area contributed by atoms with Gasteiger partial charge in [0.15, 0.2) is 0 Å². The summed E-state index contributed by atoms with van der Waals surface area (Å²) < 4.78 is 30.2. The molecule has 1 saturated heterocycles. The van der Waals surface area contributed by atoms with Crippen molar-refractivity contribution < 1.29 is 23.1 Å². The van der Waals surface area contributed by atoms with Crippen LogP contribution in [0.15, 0.2) is 83.9 Å². The third-order valence-corrected chi connectivity index (χ3v) is 9.68. The Labute approximate surface area is 249 Å². The summed E-state index contributed by atoms with van der Waals surface area (Å²) in [5, 5.41) is 11.9. The minimum atomic E-state index is -3.97. The van der Waals surface area contributed by atoms with E-state index in [9.17, 15) is 18.0 Å². The fourth-order valence-corrected chi connectivity index (χ4v) is 7.68. The molecule has 9 nitrogen and oxygen atoms in total. The van der Waals surface area contributed by atoms with Gasteiger partial charge in [-0.05, 0) is 75.6 Å². The normalized spacial score (nSPS) is 15.6. The largest absolute Gasteiger partial charge is 0.465 e. The number of anilines is 2. The maximum Gasteiger partial charge on any atom is 0.409 e. The zero-order valence-electron chi connectivity index (χ0n) is 23.5. The number of hydrogen-bond donors (Lipinski definition) is 3. The lowest BCUT2D eigenvalue weighted by Gasteiger charge is -2.23. The lowest BCUT2D eigenvalue weighted by atomic mass is 9.98. The number of nitrogens with one attached hydrogen (secondary N) is 2. The Hall–Kier alpha value is -4.06. The number of benzene rings is 3. The van der Waals surface area contributed by atoms with E-state index in [0.29, 0.717) is 46.2 Å². The van der Waals surface area contributed by atoms with Gasteiger partial charge in [-0.3, -0.25) is 10.1 Å². The summed E-state index contributed by atoms with van der Waals surface area (Å²) >= 11 is 1.33. The molecule has 4 aromatic rings. The maximum absolute atomic E-state index is 13.7. The van der Waals surface area contributed by atoms with E-state index in [1.807, 2.05) is 30.3 Å². The van der Waals surface area contributed by atoms with Crippen LogP contribution in [-0.4, -0.2) is 42.6 Å². The van der Waals surface area contributed by atoms with Crippen LogP contribution in [0.3, 0.4) is 0 Å². The molecule has 0 aliphatic carbocycles. The summed E-state index contributed by atoms with van der Waals surface area (Å²) in [5.74, 6) is -0.180. The molecule has 0 bridgehead atoms. The standard InChI is InChI=1S/C31H32N4O5S2/c1-31(2,3)34-42(39,40)27-18-24(35-16-15-22(29(35)36)17-20-7-5-4-6-8-20)13-14-25(27)26-19-32-28(41-26)21-9-11-23(12-10-21)33-30(37)38/h4-14,18-19,22,33-34H,15-17H2,1-3H3,(H,37,38)/t22-/m1/s1. The Morgan fingerprint density at radius 1 is 1.07 bits per heavy atom. The van der Waals surface area contributed by atoms with Crippen molar-refractivity contribution >= 4 is 44.7 Å². The predicted molar refractivity (Wildman–Crippen MR) is 165 cm³/mol. The molecule has 2 amide bonds. The molecule has 1 atom stereocenters. The van der Waals surface area contributed by atoms with Gasteiger partial charge in [-0.2, -0.15) is 0 Å². The number of sulfonamides is 1. The van der Waals surface area contributed by atoms with Crippen molar-refractivity contribution in [1.29, 1.82) is 0 Å². The number of carbonyl (C=O) groups is 2. The van der Waals surface area contributed by atoms with Gasteiger partial charge in [-0.15, -0.1) is 11.3 Å². The van der Waals surface area contributed by atoms with E-state index in [1.165, 1.54) is 11.3 Å². The summed E-state index contributed by atoms with van der Waals surface area (Å²) in [7, 11) is -3.97. The molecule has 11 heteroatoms. The number of amides is 2. The van der Waals surface area contributed by atoms with Gasteiger partial charge in [0.2, 0.25) is 15.9 Å². The van der Waals surface area contributed by atoms with Crippen molar-refractivity contribution in [3.05, 3.63) is 84.6 Å². The van der Waals surface area contributed by atoms with E-state index in [2.05, 4.69) is 15.0 Å². The number of hydrogen-bond acceptors (Lipinski definition) is 6. The predicted octanol–water partition coefficient (Wildman–Crippen LogP) is 6.24. The number of aromatic nitrogens is 1. The quantitative estimate of drug-likeness (QED) is 0.218. The summed E-state index contributed by atoms with van der Waals surface area (Å²) in [6.45, 7) is 5.85. The Morgan fingerprint density at radius 2 is 1.79 bits per heavy atom. The minimum absolute atomic E-state index is 0.0142.